The summed E-state index contributed by atoms with van der Waals surface area (Å²) in [5.74, 6) is -1.82. The molecule has 2 rings (SSSR count). The number of rotatable bonds is 2. The lowest BCUT2D eigenvalue weighted by atomic mass is 10.0. The van der Waals surface area contributed by atoms with E-state index in [0.717, 1.165) is 4.88 Å². The summed E-state index contributed by atoms with van der Waals surface area (Å²) in [5, 5.41) is 11.5. The lowest BCUT2D eigenvalue weighted by molar-refractivity contribution is -0.142. The van der Waals surface area contributed by atoms with Gasteiger partial charge in [-0.3, -0.25) is 14.6 Å². The summed E-state index contributed by atoms with van der Waals surface area (Å²) in [6, 6.07) is -0.410. The Hall–Kier alpha value is -1.43. The van der Waals surface area contributed by atoms with Crippen molar-refractivity contribution in [1.29, 1.82) is 0 Å². The molecule has 74 valence electrons. The average Bonchev–Trinajstić information content (AvgIpc) is 2.70. The van der Waals surface area contributed by atoms with Gasteiger partial charge < -0.3 is 10.4 Å². The first kappa shape index (κ1) is 9.14. The van der Waals surface area contributed by atoms with Gasteiger partial charge >= 0.3 is 5.97 Å². The predicted molar refractivity (Wildman–Crippen MR) is 48.7 cm³/mol. The highest BCUT2D eigenvalue weighted by molar-refractivity contribution is 7.09. The Morgan fingerprint density at radius 1 is 1.71 bits per heavy atom. The number of aliphatic carboxylic acids is 1. The molecule has 1 amide bonds. The van der Waals surface area contributed by atoms with Gasteiger partial charge in [-0.1, -0.05) is 0 Å². The Morgan fingerprint density at radius 3 is 3.07 bits per heavy atom. The molecule has 2 N–H and O–H groups in total. The minimum atomic E-state index is -0.943. The van der Waals surface area contributed by atoms with E-state index in [0.29, 0.717) is 0 Å². The molecule has 6 heteroatoms. The minimum absolute atomic E-state index is 0.0535. The molecule has 1 saturated heterocycles. The van der Waals surface area contributed by atoms with E-state index in [1.807, 2.05) is 0 Å². The van der Waals surface area contributed by atoms with Gasteiger partial charge in [-0.05, 0) is 0 Å². The van der Waals surface area contributed by atoms with E-state index in [1.54, 1.807) is 11.7 Å². The van der Waals surface area contributed by atoms with Crippen molar-refractivity contribution >= 4 is 23.2 Å². The molecular weight excluding hydrogens is 204 g/mol. The van der Waals surface area contributed by atoms with Crippen LogP contribution in [0.2, 0.25) is 0 Å². The van der Waals surface area contributed by atoms with E-state index in [9.17, 15) is 9.59 Å². The second-order valence-electron chi connectivity index (χ2n) is 3.10. The molecule has 0 aliphatic carbocycles. The van der Waals surface area contributed by atoms with E-state index < -0.39 is 17.9 Å². The minimum Gasteiger partial charge on any atom is -0.481 e. The van der Waals surface area contributed by atoms with Crippen LogP contribution in [0.25, 0.3) is 0 Å². The maximum atomic E-state index is 11.1. The van der Waals surface area contributed by atoms with Crippen LogP contribution < -0.4 is 5.32 Å². The first-order valence-corrected chi connectivity index (χ1v) is 4.97. The van der Waals surface area contributed by atoms with Gasteiger partial charge in [0.15, 0.2) is 0 Å². The van der Waals surface area contributed by atoms with E-state index in [1.165, 1.54) is 11.3 Å². The number of carboxylic acid groups (broad SMARTS) is 1. The van der Waals surface area contributed by atoms with Crippen molar-refractivity contribution < 1.29 is 14.7 Å². The molecule has 1 aromatic rings. The number of carbonyl (C=O) groups is 2. The highest BCUT2D eigenvalue weighted by Gasteiger charge is 2.39. The van der Waals surface area contributed by atoms with Crippen LogP contribution in [0.4, 0.5) is 0 Å². The number of carboxylic acids is 1. The molecule has 2 unspecified atom stereocenters. The zero-order valence-corrected chi connectivity index (χ0v) is 7.95. The van der Waals surface area contributed by atoms with Gasteiger partial charge in [-0.2, -0.15) is 0 Å². The molecule has 0 aromatic carbocycles. The second kappa shape index (κ2) is 3.38. The van der Waals surface area contributed by atoms with Crippen LogP contribution in [0.15, 0.2) is 11.7 Å². The van der Waals surface area contributed by atoms with E-state index in [2.05, 4.69) is 10.3 Å². The molecule has 14 heavy (non-hydrogen) atoms. The predicted octanol–water partition coefficient (Wildman–Crippen LogP) is 0.405. The Kier molecular flexibility index (Phi) is 2.20. The molecule has 5 nitrogen and oxygen atoms in total. The summed E-state index contributed by atoms with van der Waals surface area (Å²) in [6.45, 7) is 0. The van der Waals surface area contributed by atoms with Crippen molar-refractivity contribution in [2.24, 2.45) is 5.92 Å². The highest BCUT2D eigenvalue weighted by atomic mass is 32.1. The van der Waals surface area contributed by atoms with Gasteiger partial charge in [0, 0.05) is 17.5 Å². The number of nitrogens with zero attached hydrogens (tertiary/aromatic N) is 1. The molecule has 1 aliphatic heterocycles. The number of thiazole rings is 1. The van der Waals surface area contributed by atoms with Gasteiger partial charge in [0.05, 0.1) is 17.5 Å². The molecule has 1 aromatic heterocycles. The highest BCUT2D eigenvalue weighted by Crippen LogP contribution is 2.32. The Morgan fingerprint density at radius 2 is 2.50 bits per heavy atom. The zero-order valence-electron chi connectivity index (χ0n) is 7.14. The molecular formula is C8H8N2O3S. The van der Waals surface area contributed by atoms with Crippen LogP contribution in [0.1, 0.15) is 17.3 Å². The first-order chi connectivity index (χ1) is 6.68. The fourth-order valence-electron chi connectivity index (χ4n) is 1.53. The zero-order chi connectivity index (χ0) is 10.1. The van der Waals surface area contributed by atoms with Crippen molar-refractivity contribution in [3.05, 3.63) is 16.6 Å². The van der Waals surface area contributed by atoms with Crippen LogP contribution in [-0.2, 0) is 9.59 Å². The molecule has 0 saturated carbocycles. The maximum absolute atomic E-state index is 11.1. The quantitative estimate of drug-likeness (QED) is 0.744. The summed E-state index contributed by atoms with van der Waals surface area (Å²) in [5.41, 5.74) is 1.62. The monoisotopic (exact) mass is 212 g/mol. The maximum Gasteiger partial charge on any atom is 0.309 e. The molecule has 0 spiro atoms. The Labute approximate surface area is 83.8 Å². The second-order valence-corrected chi connectivity index (χ2v) is 4.02. The summed E-state index contributed by atoms with van der Waals surface area (Å²) in [6.07, 6.45) is 1.65. The van der Waals surface area contributed by atoms with Gasteiger partial charge in [0.1, 0.15) is 0 Å². The number of amides is 1. The molecule has 2 heterocycles. The summed E-state index contributed by atoms with van der Waals surface area (Å²) in [7, 11) is 0. The van der Waals surface area contributed by atoms with Crippen molar-refractivity contribution in [2.75, 3.05) is 0 Å². The van der Waals surface area contributed by atoms with Crippen LogP contribution >= 0.6 is 11.3 Å². The van der Waals surface area contributed by atoms with Gasteiger partial charge in [0.2, 0.25) is 5.91 Å². The smallest absolute Gasteiger partial charge is 0.309 e. The lowest BCUT2D eigenvalue weighted by Gasteiger charge is -2.12. The van der Waals surface area contributed by atoms with Gasteiger partial charge in [-0.15, -0.1) is 11.3 Å². The number of hydrogen-bond acceptors (Lipinski definition) is 4. The van der Waals surface area contributed by atoms with Crippen LogP contribution in [0.5, 0.6) is 0 Å². The van der Waals surface area contributed by atoms with E-state index in [-0.39, 0.29) is 12.3 Å². The van der Waals surface area contributed by atoms with Crippen LogP contribution in [0, 0.1) is 5.92 Å². The van der Waals surface area contributed by atoms with Gasteiger partial charge in [-0.25, -0.2) is 0 Å². The van der Waals surface area contributed by atoms with Crippen LogP contribution in [0.3, 0.4) is 0 Å². The van der Waals surface area contributed by atoms with Crippen molar-refractivity contribution in [2.45, 2.75) is 12.5 Å². The number of hydrogen-bond donors (Lipinski definition) is 2. The van der Waals surface area contributed by atoms with Crippen molar-refractivity contribution in [1.82, 2.24) is 10.3 Å². The third-order valence-corrected chi connectivity index (χ3v) is 3.06. The van der Waals surface area contributed by atoms with Crippen LogP contribution in [-0.4, -0.2) is 22.0 Å². The SMILES string of the molecule is O=C1CC(C(=O)O)C(c2cncs2)N1. The van der Waals surface area contributed by atoms with Crippen molar-refractivity contribution in [3.8, 4) is 0 Å². The fraction of sp³-hybridized carbons (Fsp3) is 0.375. The Balaban J connectivity index is 2.26. The average molecular weight is 212 g/mol. The third-order valence-electron chi connectivity index (χ3n) is 2.20. The molecule has 0 bridgehead atoms. The third kappa shape index (κ3) is 1.48. The molecule has 0 radical (unpaired) electrons. The molecule has 1 aliphatic rings. The van der Waals surface area contributed by atoms with E-state index >= 15 is 0 Å². The van der Waals surface area contributed by atoms with E-state index in [4.69, 9.17) is 5.11 Å². The Bertz CT molecular complexity index is 363. The topological polar surface area (TPSA) is 79.3 Å². The largest absolute Gasteiger partial charge is 0.481 e. The number of carbonyl (C=O) groups excluding carboxylic acids is 1. The summed E-state index contributed by atoms with van der Waals surface area (Å²) in [4.78, 5) is 26.6. The van der Waals surface area contributed by atoms with Gasteiger partial charge in [0.25, 0.3) is 0 Å². The number of nitrogens with one attached hydrogen (secondary N) is 1. The lowest BCUT2D eigenvalue weighted by Crippen LogP contribution is -2.23. The normalized spacial score (nSPS) is 26.1. The molecule has 2 atom stereocenters. The van der Waals surface area contributed by atoms with Crippen molar-refractivity contribution in [3.63, 3.8) is 0 Å². The summed E-state index contributed by atoms with van der Waals surface area (Å²) >= 11 is 1.35. The summed E-state index contributed by atoms with van der Waals surface area (Å²) < 4.78 is 0. The standard InChI is InChI=1S/C8H8N2O3S/c11-6-1-4(8(12)13)7(10-6)5-2-9-3-14-5/h2-4,7H,1H2,(H,10,11)(H,12,13). The molecule has 1 fully saturated rings. The number of aromatic nitrogens is 1. The first-order valence-electron chi connectivity index (χ1n) is 4.09. The fourth-order valence-corrected chi connectivity index (χ4v) is 2.26.